The summed E-state index contributed by atoms with van der Waals surface area (Å²) in [4.78, 5) is 0. The molecule has 2 nitrogen and oxygen atoms in total. The van der Waals surface area contributed by atoms with Gasteiger partial charge < -0.3 is 5.73 Å². The molecule has 0 heterocycles. The van der Waals surface area contributed by atoms with E-state index in [1.165, 1.54) is 11.1 Å². The molecule has 0 saturated heterocycles. The van der Waals surface area contributed by atoms with E-state index in [0.29, 0.717) is 12.5 Å². The molecule has 0 radical (unpaired) electrons. The van der Waals surface area contributed by atoms with E-state index in [4.69, 9.17) is 11.0 Å². The smallest absolute Gasteiger partial charge is 0.0994 e. The van der Waals surface area contributed by atoms with Crippen molar-refractivity contribution in [2.24, 2.45) is 5.73 Å². The highest BCUT2D eigenvalue weighted by Crippen LogP contribution is 2.23. The second-order valence-corrected chi connectivity index (χ2v) is 4.10. The van der Waals surface area contributed by atoms with Crippen molar-refractivity contribution in [1.29, 1.82) is 5.26 Å². The van der Waals surface area contributed by atoms with Crippen LogP contribution in [0.1, 0.15) is 41.5 Å². The molecule has 0 amide bonds. The standard InChI is InChI=1S/C13H18N2/c1-9(4-5-14)12-6-10(2)11(3)13(7-12)8-15/h6-7,9H,4-5,14H2,1-3H3. The molecule has 0 saturated carbocycles. The first kappa shape index (κ1) is 11.7. The molecular weight excluding hydrogens is 184 g/mol. The molecule has 0 aliphatic heterocycles. The van der Waals surface area contributed by atoms with Crippen LogP contribution in [0.2, 0.25) is 0 Å². The van der Waals surface area contributed by atoms with Crippen LogP contribution in [0, 0.1) is 25.2 Å². The summed E-state index contributed by atoms with van der Waals surface area (Å²) in [5.74, 6) is 0.432. The number of nitriles is 1. The van der Waals surface area contributed by atoms with Crippen LogP contribution >= 0.6 is 0 Å². The number of benzene rings is 1. The second-order valence-electron chi connectivity index (χ2n) is 4.10. The van der Waals surface area contributed by atoms with Gasteiger partial charge in [0.05, 0.1) is 11.6 Å². The summed E-state index contributed by atoms with van der Waals surface area (Å²) in [5.41, 5.74) is 9.82. The zero-order chi connectivity index (χ0) is 11.4. The van der Waals surface area contributed by atoms with Crippen molar-refractivity contribution >= 4 is 0 Å². The third kappa shape index (κ3) is 2.57. The van der Waals surface area contributed by atoms with Gasteiger partial charge >= 0.3 is 0 Å². The molecule has 80 valence electrons. The van der Waals surface area contributed by atoms with E-state index in [1.54, 1.807) is 0 Å². The Morgan fingerprint density at radius 3 is 2.60 bits per heavy atom. The number of nitrogens with two attached hydrogens (primary N) is 1. The van der Waals surface area contributed by atoms with Crippen molar-refractivity contribution in [1.82, 2.24) is 0 Å². The van der Waals surface area contributed by atoms with Gasteiger partial charge in [-0.05, 0) is 55.5 Å². The number of aryl methyl sites for hydroxylation is 1. The molecule has 1 aromatic rings. The quantitative estimate of drug-likeness (QED) is 0.819. The molecule has 0 bridgehead atoms. The van der Waals surface area contributed by atoms with E-state index < -0.39 is 0 Å². The maximum atomic E-state index is 9.00. The van der Waals surface area contributed by atoms with Crippen LogP contribution in [0.25, 0.3) is 0 Å². The van der Waals surface area contributed by atoms with E-state index in [9.17, 15) is 0 Å². The van der Waals surface area contributed by atoms with Gasteiger partial charge in [0.15, 0.2) is 0 Å². The Hall–Kier alpha value is -1.33. The van der Waals surface area contributed by atoms with Gasteiger partial charge in [-0.15, -0.1) is 0 Å². The van der Waals surface area contributed by atoms with E-state index in [2.05, 4.69) is 26.0 Å². The molecule has 0 aromatic heterocycles. The average Bonchev–Trinajstić information content (AvgIpc) is 2.22. The largest absolute Gasteiger partial charge is 0.330 e. The Labute approximate surface area is 91.7 Å². The average molecular weight is 202 g/mol. The molecule has 15 heavy (non-hydrogen) atoms. The Balaban J connectivity index is 3.12. The van der Waals surface area contributed by atoms with Crippen molar-refractivity contribution in [3.8, 4) is 6.07 Å². The fraction of sp³-hybridized carbons (Fsp3) is 0.462. The first-order chi connectivity index (χ1) is 7.10. The molecule has 0 spiro atoms. The lowest BCUT2D eigenvalue weighted by Gasteiger charge is -2.13. The van der Waals surface area contributed by atoms with Crippen LogP contribution in [0.3, 0.4) is 0 Å². The third-order valence-corrected chi connectivity index (χ3v) is 2.98. The first-order valence-corrected chi connectivity index (χ1v) is 5.31. The molecule has 1 atom stereocenters. The van der Waals surface area contributed by atoms with Crippen LogP contribution in [-0.2, 0) is 0 Å². The highest BCUT2D eigenvalue weighted by atomic mass is 14.5. The maximum Gasteiger partial charge on any atom is 0.0994 e. The first-order valence-electron chi connectivity index (χ1n) is 5.31. The molecule has 1 rings (SSSR count). The van der Waals surface area contributed by atoms with E-state index in [0.717, 1.165) is 17.5 Å². The molecule has 2 N–H and O–H groups in total. The van der Waals surface area contributed by atoms with Gasteiger partial charge in [-0.2, -0.15) is 5.26 Å². The van der Waals surface area contributed by atoms with Gasteiger partial charge in [0, 0.05) is 0 Å². The highest BCUT2D eigenvalue weighted by molar-refractivity contribution is 5.45. The lowest BCUT2D eigenvalue weighted by atomic mass is 9.92. The molecule has 2 heteroatoms. The number of rotatable bonds is 3. The normalized spacial score (nSPS) is 12.2. The molecule has 1 unspecified atom stereocenters. The maximum absolute atomic E-state index is 9.00. The van der Waals surface area contributed by atoms with Crippen molar-refractivity contribution in [2.45, 2.75) is 33.1 Å². The lowest BCUT2D eigenvalue weighted by Crippen LogP contribution is -2.05. The van der Waals surface area contributed by atoms with Crippen molar-refractivity contribution in [3.05, 3.63) is 34.4 Å². The van der Waals surface area contributed by atoms with E-state index in [1.807, 2.05) is 13.0 Å². The topological polar surface area (TPSA) is 49.8 Å². The summed E-state index contributed by atoms with van der Waals surface area (Å²) in [7, 11) is 0. The highest BCUT2D eigenvalue weighted by Gasteiger charge is 2.09. The predicted molar refractivity (Wildman–Crippen MR) is 62.7 cm³/mol. The molecule has 0 fully saturated rings. The predicted octanol–water partition coefficient (Wildman–Crippen LogP) is 2.63. The van der Waals surface area contributed by atoms with E-state index in [-0.39, 0.29) is 0 Å². The van der Waals surface area contributed by atoms with Gasteiger partial charge in [-0.25, -0.2) is 0 Å². The fourth-order valence-electron chi connectivity index (χ4n) is 1.70. The van der Waals surface area contributed by atoms with Gasteiger partial charge in [0.1, 0.15) is 0 Å². The zero-order valence-electron chi connectivity index (χ0n) is 9.67. The van der Waals surface area contributed by atoms with Crippen LogP contribution in [0.4, 0.5) is 0 Å². The van der Waals surface area contributed by atoms with Crippen molar-refractivity contribution < 1.29 is 0 Å². The second kappa shape index (κ2) is 4.95. The van der Waals surface area contributed by atoms with Crippen molar-refractivity contribution in [3.63, 3.8) is 0 Å². The SMILES string of the molecule is Cc1cc(C(C)CCN)cc(C#N)c1C. The summed E-state index contributed by atoms with van der Waals surface area (Å²) in [5, 5.41) is 9.00. The van der Waals surface area contributed by atoms with Gasteiger partial charge in [0.25, 0.3) is 0 Å². The summed E-state index contributed by atoms with van der Waals surface area (Å²) < 4.78 is 0. The Morgan fingerprint density at radius 2 is 2.07 bits per heavy atom. The van der Waals surface area contributed by atoms with Gasteiger partial charge in [-0.3, -0.25) is 0 Å². The molecule has 1 aromatic carbocycles. The minimum absolute atomic E-state index is 0.432. The minimum Gasteiger partial charge on any atom is -0.330 e. The number of hydrogen-bond acceptors (Lipinski definition) is 2. The van der Waals surface area contributed by atoms with Crippen LogP contribution in [-0.4, -0.2) is 6.54 Å². The fourth-order valence-corrected chi connectivity index (χ4v) is 1.70. The summed E-state index contributed by atoms with van der Waals surface area (Å²) in [6.07, 6.45) is 0.966. The summed E-state index contributed by atoms with van der Waals surface area (Å²) >= 11 is 0. The summed E-state index contributed by atoms with van der Waals surface area (Å²) in [6, 6.07) is 6.39. The Morgan fingerprint density at radius 1 is 1.40 bits per heavy atom. The lowest BCUT2D eigenvalue weighted by molar-refractivity contribution is 0.689. The monoisotopic (exact) mass is 202 g/mol. The Bertz CT molecular complexity index is 388. The van der Waals surface area contributed by atoms with Gasteiger partial charge in [0.2, 0.25) is 0 Å². The van der Waals surface area contributed by atoms with Crippen molar-refractivity contribution in [2.75, 3.05) is 6.54 Å². The minimum atomic E-state index is 0.432. The number of nitrogens with zero attached hydrogens (tertiary/aromatic N) is 1. The Kier molecular flexibility index (Phi) is 3.88. The molecule has 0 aliphatic rings. The van der Waals surface area contributed by atoms with Gasteiger partial charge in [-0.1, -0.05) is 13.0 Å². The molecule has 0 aliphatic carbocycles. The summed E-state index contributed by atoms with van der Waals surface area (Å²) in [6.45, 7) is 6.88. The van der Waals surface area contributed by atoms with Crippen LogP contribution < -0.4 is 5.73 Å². The molecular formula is C13H18N2. The number of hydrogen-bond donors (Lipinski definition) is 1. The zero-order valence-corrected chi connectivity index (χ0v) is 9.67. The van der Waals surface area contributed by atoms with E-state index >= 15 is 0 Å². The third-order valence-electron chi connectivity index (χ3n) is 2.98. The van der Waals surface area contributed by atoms with Crippen LogP contribution in [0.5, 0.6) is 0 Å². The van der Waals surface area contributed by atoms with Crippen LogP contribution in [0.15, 0.2) is 12.1 Å².